The van der Waals surface area contributed by atoms with E-state index in [1.54, 1.807) is 7.11 Å². The summed E-state index contributed by atoms with van der Waals surface area (Å²) in [6.07, 6.45) is 3.56. The minimum absolute atomic E-state index is 0.0221. The molecular weight excluding hydrogens is 240 g/mol. The number of methoxy groups -OCH3 is 1. The average Bonchev–Trinajstić information content (AvgIpc) is 3.20. The number of nitrogens with one attached hydrogen (secondary N) is 1. The molecule has 106 valence electrons. The molecule has 1 aliphatic carbocycles. The summed E-state index contributed by atoms with van der Waals surface area (Å²) in [4.78, 5) is 4.51. The molecule has 1 fully saturated rings. The van der Waals surface area contributed by atoms with E-state index in [4.69, 9.17) is 9.47 Å². The molecule has 0 radical (unpaired) electrons. The van der Waals surface area contributed by atoms with Crippen LogP contribution in [-0.2, 0) is 17.7 Å². The summed E-state index contributed by atoms with van der Waals surface area (Å²) in [5.41, 5.74) is 2.33. The van der Waals surface area contributed by atoms with E-state index in [9.17, 15) is 0 Å². The minimum atomic E-state index is 0.0221. The van der Waals surface area contributed by atoms with Gasteiger partial charge in [-0.25, -0.2) is 4.98 Å². The Morgan fingerprint density at radius 2 is 2.21 bits per heavy atom. The van der Waals surface area contributed by atoms with Gasteiger partial charge in [0.1, 0.15) is 6.10 Å². The molecule has 1 aromatic rings. The summed E-state index contributed by atoms with van der Waals surface area (Å²) < 4.78 is 10.9. The van der Waals surface area contributed by atoms with Gasteiger partial charge in [0.2, 0.25) is 5.88 Å². The predicted octanol–water partition coefficient (Wildman–Crippen LogP) is 2.31. The van der Waals surface area contributed by atoms with Crippen LogP contribution in [0.2, 0.25) is 0 Å². The van der Waals surface area contributed by atoms with Crippen LogP contribution >= 0.6 is 0 Å². The van der Waals surface area contributed by atoms with Crippen molar-refractivity contribution in [1.82, 2.24) is 10.3 Å². The molecule has 1 atom stereocenters. The number of hydrogen-bond acceptors (Lipinski definition) is 4. The van der Waals surface area contributed by atoms with Crippen LogP contribution < -0.4 is 10.1 Å². The van der Waals surface area contributed by atoms with Gasteiger partial charge in [0.05, 0.1) is 6.61 Å². The van der Waals surface area contributed by atoms with E-state index in [-0.39, 0.29) is 6.10 Å². The number of aryl methyl sites for hydroxylation is 1. The molecule has 1 aromatic heterocycles. The van der Waals surface area contributed by atoms with E-state index < -0.39 is 0 Å². The van der Waals surface area contributed by atoms with Gasteiger partial charge >= 0.3 is 0 Å². The largest absolute Gasteiger partial charge is 0.472 e. The third kappa shape index (κ3) is 4.80. The normalized spacial score (nSPS) is 16.4. The molecule has 4 nitrogen and oxygen atoms in total. The molecule has 0 aromatic carbocycles. The first-order valence-electron chi connectivity index (χ1n) is 7.10. The van der Waals surface area contributed by atoms with E-state index >= 15 is 0 Å². The highest BCUT2D eigenvalue weighted by Gasteiger charge is 2.20. The predicted molar refractivity (Wildman–Crippen MR) is 75.4 cm³/mol. The molecule has 1 saturated carbocycles. The number of pyridine rings is 1. The first kappa shape index (κ1) is 14.3. The Morgan fingerprint density at radius 1 is 1.42 bits per heavy atom. The lowest BCUT2D eigenvalue weighted by atomic mass is 10.2. The summed E-state index contributed by atoms with van der Waals surface area (Å²) in [5.74, 6) is 0.705. The van der Waals surface area contributed by atoms with Crippen molar-refractivity contribution in [2.45, 2.75) is 51.8 Å². The summed E-state index contributed by atoms with van der Waals surface area (Å²) in [6.45, 7) is 5.58. The first-order valence-corrected chi connectivity index (χ1v) is 7.10. The average molecular weight is 264 g/mol. The lowest BCUT2D eigenvalue weighted by Crippen LogP contribution is -2.20. The van der Waals surface area contributed by atoms with E-state index in [1.165, 1.54) is 18.4 Å². The Hall–Kier alpha value is -1.13. The smallest absolute Gasteiger partial charge is 0.214 e. The lowest BCUT2D eigenvalue weighted by molar-refractivity contribution is 0.0888. The van der Waals surface area contributed by atoms with Crippen molar-refractivity contribution in [3.8, 4) is 5.88 Å². The summed E-state index contributed by atoms with van der Waals surface area (Å²) in [6, 6.07) is 4.90. The molecule has 0 spiro atoms. The Balaban J connectivity index is 2.01. The molecule has 0 aliphatic heterocycles. The molecule has 1 heterocycles. The van der Waals surface area contributed by atoms with Crippen LogP contribution in [0.15, 0.2) is 12.1 Å². The Kier molecular flexibility index (Phi) is 5.16. The highest BCUT2D eigenvalue weighted by atomic mass is 16.5. The second-order valence-electron chi connectivity index (χ2n) is 5.20. The molecule has 4 heteroatoms. The maximum atomic E-state index is 5.80. The standard InChI is InChI=1S/C15H24N2O2/c1-4-13-7-12(9-16-14-5-6-14)8-15(17-13)19-11(2)10-18-3/h7-8,11,14,16H,4-6,9-10H2,1-3H3. The molecule has 2 rings (SSSR count). The zero-order valence-corrected chi connectivity index (χ0v) is 12.1. The van der Waals surface area contributed by atoms with Crippen molar-refractivity contribution in [3.05, 3.63) is 23.4 Å². The van der Waals surface area contributed by atoms with Crippen molar-refractivity contribution in [2.24, 2.45) is 0 Å². The molecule has 19 heavy (non-hydrogen) atoms. The number of hydrogen-bond donors (Lipinski definition) is 1. The Morgan fingerprint density at radius 3 is 2.84 bits per heavy atom. The van der Waals surface area contributed by atoms with Crippen molar-refractivity contribution in [1.29, 1.82) is 0 Å². The third-order valence-electron chi connectivity index (χ3n) is 3.17. The fourth-order valence-corrected chi connectivity index (χ4v) is 1.99. The van der Waals surface area contributed by atoms with Crippen LogP contribution in [0.1, 0.15) is 37.9 Å². The molecule has 0 amide bonds. The molecule has 0 bridgehead atoms. The van der Waals surface area contributed by atoms with Gasteiger partial charge in [0.25, 0.3) is 0 Å². The fourth-order valence-electron chi connectivity index (χ4n) is 1.99. The van der Waals surface area contributed by atoms with E-state index in [0.29, 0.717) is 12.5 Å². The number of ether oxygens (including phenoxy) is 2. The van der Waals surface area contributed by atoms with Gasteiger partial charge in [-0.2, -0.15) is 0 Å². The van der Waals surface area contributed by atoms with Gasteiger partial charge in [0.15, 0.2) is 0 Å². The first-order chi connectivity index (χ1) is 9.21. The monoisotopic (exact) mass is 264 g/mol. The summed E-state index contributed by atoms with van der Waals surface area (Å²) in [7, 11) is 1.68. The number of nitrogens with zero attached hydrogens (tertiary/aromatic N) is 1. The maximum absolute atomic E-state index is 5.80. The quantitative estimate of drug-likeness (QED) is 0.782. The molecule has 1 N–H and O–H groups in total. The number of aromatic nitrogens is 1. The SMILES string of the molecule is CCc1cc(CNC2CC2)cc(OC(C)COC)n1. The second kappa shape index (κ2) is 6.87. The van der Waals surface area contributed by atoms with E-state index in [1.807, 2.05) is 13.0 Å². The van der Waals surface area contributed by atoms with Gasteiger partial charge < -0.3 is 14.8 Å². The van der Waals surface area contributed by atoms with Crippen LogP contribution in [0, 0.1) is 0 Å². The van der Waals surface area contributed by atoms with Gasteiger partial charge in [-0.15, -0.1) is 0 Å². The Bertz CT molecular complexity index is 405. The highest BCUT2D eigenvalue weighted by Crippen LogP contribution is 2.20. The van der Waals surface area contributed by atoms with Crippen LogP contribution in [0.5, 0.6) is 5.88 Å². The van der Waals surface area contributed by atoms with E-state index in [0.717, 1.165) is 24.7 Å². The number of rotatable bonds is 8. The zero-order chi connectivity index (χ0) is 13.7. The van der Waals surface area contributed by atoms with E-state index in [2.05, 4.69) is 23.3 Å². The maximum Gasteiger partial charge on any atom is 0.214 e. The van der Waals surface area contributed by atoms with Crippen molar-refractivity contribution in [2.75, 3.05) is 13.7 Å². The third-order valence-corrected chi connectivity index (χ3v) is 3.17. The van der Waals surface area contributed by atoms with Gasteiger partial charge in [-0.1, -0.05) is 6.92 Å². The van der Waals surface area contributed by atoms with Gasteiger partial charge in [0, 0.05) is 31.5 Å². The molecule has 0 saturated heterocycles. The zero-order valence-electron chi connectivity index (χ0n) is 12.1. The minimum Gasteiger partial charge on any atom is -0.472 e. The van der Waals surface area contributed by atoms with Gasteiger partial charge in [-0.05, 0) is 37.8 Å². The van der Waals surface area contributed by atoms with Crippen LogP contribution in [0.25, 0.3) is 0 Å². The Labute approximate surface area is 115 Å². The van der Waals surface area contributed by atoms with Crippen LogP contribution in [0.3, 0.4) is 0 Å². The second-order valence-corrected chi connectivity index (χ2v) is 5.20. The van der Waals surface area contributed by atoms with Crippen molar-refractivity contribution >= 4 is 0 Å². The molecule has 1 aliphatic rings. The van der Waals surface area contributed by atoms with Gasteiger partial charge in [-0.3, -0.25) is 0 Å². The summed E-state index contributed by atoms with van der Waals surface area (Å²) >= 11 is 0. The van der Waals surface area contributed by atoms with Crippen molar-refractivity contribution in [3.63, 3.8) is 0 Å². The molecular formula is C15H24N2O2. The van der Waals surface area contributed by atoms with Crippen LogP contribution in [0.4, 0.5) is 0 Å². The summed E-state index contributed by atoms with van der Waals surface area (Å²) in [5, 5.41) is 3.52. The highest BCUT2D eigenvalue weighted by molar-refractivity contribution is 5.25. The van der Waals surface area contributed by atoms with Crippen molar-refractivity contribution < 1.29 is 9.47 Å². The van der Waals surface area contributed by atoms with Crippen LogP contribution in [-0.4, -0.2) is 30.8 Å². The lowest BCUT2D eigenvalue weighted by Gasteiger charge is -2.15. The fraction of sp³-hybridized carbons (Fsp3) is 0.667. The topological polar surface area (TPSA) is 43.4 Å². The molecule has 1 unspecified atom stereocenters.